The first kappa shape index (κ1) is 14.4. The van der Waals surface area contributed by atoms with E-state index in [2.05, 4.69) is 12.2 Å². The topological polar surface area (TPSA) is 96.3 Å². The van der Waals surface area contributed by atoms with E-state index in [9.17, 15) is 14.7 Å². The minimum Gasteiger partial charge on any atom is -0.548 e. The van der Waals surface area contributed by atoms with E-state index in [4.69, 9.17) is 9.52 Å². The maximum atomic E-state index is 11.6. The minimum atomic E-state index is -2.83. The number of nitrogens with zero attached hydrogens (tertiary/aromatic N) is 1. The van der Waals surface area contributed by atoms with Crippen LogP contribution in [0.4, 0.5) is 0 Å². The molecule has 7 heteroatoms. The SMILES string of the molecule is [2H]C([2H])([2H])N(CC(=O)[O-])C(=N)NC(=O)CCCCCCC.[Li+]. The molecule has 0 fully saturated rings. The summed E-state index contributed by atoms with van der Waals surface area (Å²) in [6.45, 7) is -1.73. The minimum absolute atomic E-state index is 0. The van der Waals surface area contributed by atoms with Gasteiger partial charge in [-0.1, -0.05) is 32.6 Å². The Morgan fingerprint density at radius 3 is 2.47 bits per heavy atom. The van der Waals surface area contributed by atoms with Crippen molar-refractivity contribution in [1.29, 1.82) is 5.41 Å². The summed E-state index contributed by atoms with van der Waals surface area (Å²) in [6, 6.07) is 0. The molecule has 0 radical (unpaired) electrons. The van der Waals surface area contributed by atoms with E-state index in [0.717, 1.165) is 25.7 Å². The third kappa shape index (κ3) is 11.8. The van der Waals surface area contributed by atoms with E-state index >= 15 is 0 Å². The average molecular weight is 266 g/mol. The largest absolute Gasteiger partial charge is 1.00 e. The Labute approximate surface area is 130 Å². The molecule has 0 aromatic carbocycles. The van der Waals surface area contributed by atoms with Crippen LogP contribution in [0.3, 0.4) is 0 Å². The van der Waals surface area contributed by atoms with E-state index in [1.54, 1.807) is 0 Å². The van der Waals surface area contributed by atoms with Crippen molar-refractivity contribution in [3.05, 3.63) is 0 Å². The van der Waals surface area contributed by atoms with Crippen molar-refractivity contribution >= 4 is 17.8 Å². The van der Waals surface area contributed by atoms with E-state index in [1.807, 2.05) is 0 Å². The molecular formula is C12H22LiN3O3. The number of carboxylic acid groups (broad SMARTS) is 1. The van der Waals surface area contributed by atoms with Crippen molar-refractivity contribution in [2.24, 2.45) is 0 Å². The Balaban J connectivity index is 0. The van der Waals surface area contributed by atoms with E-state index in [0.29, 0.717) is 11.3 Å². The van der Waals surface area contributed by atoms with Crippen molar-refractivity contribution in [1.82, 2.24) is 10.2 Å². The van der Waals surface area contributed by atoms with Gasteiger partial charge in [0.1, 0.15) is 0 Å². The summed E-state index contributed by atoms with van der Waals surface area (Å²) >= 11 is 0. The first-order valence-corrected chi connectivity index (χ1v) is 6.04. The summed E-state index contributed by atoms with van der Waals surface area (Å²) in [5.74, 6) is -2.88. The van der Waals surface area contributed by atoms with Crippen molar-refractivity contribution < 1.29 is 37.7 Å². The second-order valence-electron chi connectivity index (χ2n) is 4.02. The van der Waals surface area contributed by atoms with Gasteiger partial charge in [-0.3, -0.25) is 15.5 Å². The van der Waals surface area contributed by atoms with Gasteiger partial charge in [0.05, 0.1) is 12.5 Å². The molecule has 0 aromatic heterocycles. The van der Waals surface area contributed by atoms with Gasteiger partial charge in [-0.15, -0.1) is 0 Å². The number of nitrogens with one attached hydrogen (secondary N) is 2. The summed E-state index contributed by atoms with van der Waals surface area (Å²) in [6.07, 6.45) is 4.91. The molecular weight excluding hydrogens is 241 g/mol. The molecule has 0 saturated heterocycles. The van der Waals surface area contributed by atoms with Gasteiger partial charge in [0.15, 0.2) is 5.96 Å². The van der Waals surface area contributed by atoms with Gasteiger partial charge >= 0.3 is 18.9 Å². The zero-order valence-corrected chi connectivity index (χ0v) is 11.6. The molecule has 0 bridgehead atoms. The Morgan fingerprint density at radius 2 is 1.95 bits per heavy atom. The second kappa shape index (κ2) is 12.1. The summed E-state index contributed by atoms with van der Waals surface area (Å²) in [5.41, 5.74) is 0. The number of likely N-dealkylation sites (N-methyl/N-ethyl adjacent to an activating group) is 1. The van der Waals surface area contributed by atoms with Crippen molar-refractivity contribution in [2.75, 3.05) is 13.5 Å². The van der Waals surface area contributed by atoms with Crippen molar-refractivity contribution in [3.63, 3.8) is 0 Å². The van der Waals surface area contributed by atoms with Gasteiger partial charge in [0.25, 0.3) is 0 Å². The standard InChI is InChI=1S/C12H23N3O3.Li/c1-3-4-5-6-7-8-10(16)14-12(13)15(2)9-11(17)18;/h3-9H2,1-2H3,(H,17,18)(H2,13,14,16);/q;+1/p-1/i2D3;. The molecule has 19 heavy (non-hydrogen) atoms. The van der Waals surface area contributed by atoms with Crippen molar-refractivity contribution in [3.8, 4) is 0 Å². The Bertz CT molecular complexity index is 378. The van der Waals surface area contributed by atoms with Gasteiger partial charge < -0.3 is 14.8 Å². The molecule has 1 amide bonds. The molecule has 0 aliphatic rings. The number of carbonyl (C=O) groups excluding carboxylic acids is 2. The van der Waals surface area contributed by atoms with Crippen LogP contribution in [0, 0.1) is 5.41 Å². The van der Waals surface area contributed by atoms with Crippen LogP contribution < -0.4 is 29.3 Å². The van der Waals surface area contributed by atoms with Crippen LogP contribution in [0.15, 0.2) is 0 Å². The summed E-state index contributed by atoms with van der Waals surface area (Å²) in [5, 5.41) is 20.1. The molecule has 0 aliphatic heterocycles. The molecule has 0 aliphatic carbocycles. The molecule has 104 valence electrons. The number of hydrogen-bond acceptors (Lipinski definition) is 4. The maximum Gasteiger partial charge on any atom is 1.00 e. The van der Waals surface area contributed by atoms with Gasteiger partial charge in [-0.05, 0) is 6.42 Å². The van der Waals surface area contributed by atoms with Crippen LogP contribution in [-0.4, -0.2) is 36.3 Å². The zero-order valence-electron chi connectivity index (χ0n) is 14.6. The number of unbranched alkanes of at least 4 members (excludes halogenated alkanes) is 4. The van der Waals surface area contributed by atoms with Crippen LogP contribution in [0.25, 0.3) is 0 Å². The predicted octanol–water partition coefficient (Wildman–Crippen LogP) is -2.92. The number of hydrogen-bond donors (Lipinski definition) is 2. The Kier molecular flexibility index (Phi) is 9.15. The van der Waals surface area contributed by atoms with E-state index in [1.165, 1.54) is 0 Å². The molecule has 0 spiro atoms. The molecule has 2 N–H and O–H groups in total. The number of amides is 1. The molecule has 0 atom stereocenters. The molecule has 0 heterocycles. The van der Waals surface area contributed by atoms with Crippen LogP contribution in [0.5, 0.6) is 0 Å². The third-order valence-corrected chi connectivity index (χ3v) is 2.32. The van der Waals surface area contributed by atoms with E-state index in [-0.39, 0.29) is 25.3 Å². The number of aliphatic carboxylic acids is 1. The molecule has 0 unspecified atom stereocenters. The zero-order chi connectivity index (χ0) is 16.5. The normalized spacial score (nSPS) is 12.4. The second-order valence-corrected chi connectivity index (χ2v) is 4.02. The third-order valence-electron chi connectivity index (χ3n) is 2.32. The van der Waals surface area contributed by atoms with Gasteiger partial charge in [-0.25, -0.2) is 0 Å². The first-order chi connectivity index (χ1) is 9.68. The van der Waals surface area contributed by atoms with Crippen LogP contribution >= 0.6 is 0 Å². The van der Waals surface area contributed by atoms with Gasteiger partial charge in [-0.2, -0.15) is 0 Å². The number of guanidine groups is 1. The summed E-state index contributed by atoms with van der Waals surface area (Å²) in [4.78, 5) is 22.4. The van der Waals surface area contributed by atoms with Crippen molar-refractivity contribution in [2.45, 2.75) is 45.4 Å². The quantitative estimate of drug-likeness (QED) is 0.213. The molecule has 0 aromatic rings. The maximum absolute atomic E-state index is 11.6. The fourth-order valence-corrected chi connectivity index (χ4v) is 1.36. The number of carbonyl (C=O) groups is 2. The first-order valence-electron chi connectivity index (χ1n) is 7.54. The van der Waals surface area contributed by atoms with Gasteiger partial charge in [0.2, 0.25) is 5.91 Å². The Morgan fingerprint density at radius 1 is 1.32 bits per heavy atom. The van der Waals surface area contributed by atoms with Crippen LogP contribution in [-0.2, 0) is 9.59 Å². The monoisotopic (exact) mass is 266 g/mol. The van der Waals surface area contributed by atoms with E-state index < -0.39 is 31.4 Å². The smallest absolute Gasteiger partial charge is 0.548 e. The fourth-order valence-electron chi connectivity index (χ4n) is 1.36. The number of rotatable bonds is 8. The Hall–Kier alpha value is -0.993. The number of carboxylic acids is 1. The fraction of sp³-hybridized carbons (Fsp3) is 0.750. The molecule has 6 nitrogen and oxygen atoms in total. The molecule has 0 rings (SSSR count). The van der Waals surface area contributed by atoms with Crippen LogP contribution in [0.1, 0.15) is 49.6 Å². The average Bonchev–Trinajstić information content (AvgIpc) is 2.34. The summed E-state index contributed by atoms with van der Waals surface area (Å²) in [7, 11) is 0. The summed E-state index contributed by atoms with van der Waals surface area (Å²) < 4.78 is 21.4. The van der Waals surface area contributed by atoms with Crippen LogP contribution in [0.2, 0.25) is 0 Å². The predicted molar refractivity (Wildman–Crippen MR) is 66.9 cm³/mol. The molecule has 0 saturated carbocycles. The van der Waals surface area contributed by atoms with Gasteiger partial charge in [0, 0.05) is 17.5 Å².